The lowest BCUT2D eigenvalue weighted by Gasteiger charge is -2.09. The molecule has 1 aromatic carbocycles. The molecule has 2 aromatic rings. The highest BCUT2D eigenvalue weighted by Gasteiger charge is 2.10. The van der Waals surface area contributed by atoms with Crippen LogP contribution in [0.1, 0.15) is 5.82 Å². The molecule has 0 radical (unpaired) electrons. The fraction of sp³-hybridized carbons (Fsp3) is 0.300. The molecular formula is C10H12N4O3. The monoisotopic (exact) mass is 236 g/mol. The molecule has 1 heterocycles. The average molecular weight is 236 g/mol. The minimum Gasteiger partial charge on any atom is -0.493 e. The maximum absolute atomic E-state index is 9.08. The predicted molar refractivity (Wildman–Crippen MR) is 58.2 cm³/mol. The summed E-state index contributed by atoms with van der Waals surface area (Å²) in [6.07, 6.45) is 0. The first-order chi connectivity index (χ1) is 8.30. The van der Waals surface area contributed by atoms with Crippen molar-refractivity contribution >= 4 is 0 Å². The van der Waals surface area contributed by atoms with E-state index in [-0.39, 0.29) is 6.61 Å². The van der Waals surface area contributed by atoms with Crippen LogP contribution in [0.15, 0.2) is 18.2 Å². The van der Waals surface area contributed by atoms with E-state index in [1.165, 1.54) is 4.68 Å². The zero-order valence-electron chi connectivity index (χ0n) is 9.49. The van der Waals surface area contributed by atoms with Crippen LogP contribution in [0.3, 0.4) is 0 Å². The summed E-state index contributed by atoms with van der Waals surface area (Å²) >= 11 is 0. The maximum atomic E-state index is 9.08. The summed E-state index contributed by atoms with van der Waals surface area (Å²) in [6, 6.07) is 5.25. The van der Waals surface area contributed by atoms with Crippen LogP contribution in [-0.4, -0.2) is 39.5 Å². The fourth-order valence-electron chi connectivity index (χ4n) is 1.46. The Morgan fingerprint density at radius 1 is 1.24 bits per heavy atom. The molecule has 7 heteroatoms. The molecule has 0 saturated carbocycles. The molecule has 0 amide bonds. The Hall–Kier alpha value is -2.15. The molecule has 17 heavy (non-hydrogen) atoms. The van der Waals surface area contributed by atoms with Gasteiger partial charge in [0.25, 0.3) is 0 Å². The van der Waals surface area contributed by atoms with Gasteiger partial charge in [-0.3, -0.25) is 0 Å². The zero-order valence-corrected chi connectivity index (χ0v) is 9.49. The minimum absolute atomic E-state index is 0.235. The molecule has 0 aliphatic heterocycles. The van der Waals surface area contributed by atoms with E-state index < -0.39 is 0 Å². The van der Waals surface area contributed by atoms with Crippen molar-refractivity contribution < 1.29 is 14.6 Å². The van der Waals surface area contributed by atoms with E-state index in [9.17, 15) is 0 Å². The van der Waals surface area contributed by atoms with Crippen molar-refractivity contribution in [3.63, 3.8) is 0 Å². The van der Waals surface area contributed by atoms with Crippen molar-refractivity contribution in [2.24, 2.45) is 0 Å². The number of ether oxygens (including phenoxy) is 2. The van der Waals surface area contributed by atoms with E-state index in [1.54, 1.807) is 32.4 Å². The van der Waals surface area contributed by atoms with Crippen LogP contribution in [0.4, 0.5) is 0 Å². The molecule has 2 rings (SSSR count). The summed E-state index contributed by atoms with van der Waals surface area (Å²) in [7, 11) is 3.11. The second-order valence-electron chi connectivity index (χ2n) is 3.20. The topological polar surface area (TPSA) is 82.3 Å². The van der Waals surface area contributed by atoms with Crippen LogP contribution in [0, 0.1) is 0 Å². The molecule has 1 aromatic heterocycles. The Morgan fingerprint density at radius 3 is 2.65 bits per heavy atom. The van der Waals surface area contributed by atoms with Crippen molar-refractivity contribution in [1.29, 1.82) is 0 Å². The fourth-order valence-corrected chi connectivity index (χ4v) is 1.46. The van der Waals surface area contributed by atoms with Crippen LogP contribution in [0.25, 0.3) is 5.69 Å². The van der Waals surface area contributed by atoms with Crippen LogP contribution in [0.5, 0.6) is 11.5 Å². The Morgan fingerprint density at radius 2 is 2.00 bits per heavy atom. The number of tetrazole rings is 1. The van der Waals surface area contributed by atoms with E-state index in [1.807, 2.05) is 0 Å². The zero-order chi connectivity index (χ0) is 12.3. The minimum atomic E-state index is -0.235. The van der Waals surface area contributed by atoms with Crippen molar-refractivity contribution in [2.75, 3.05) is 14.2 Å². The van der Waals surface area contributed by atoms with Gasteiger partial charge in [0.15, 0.2) is 17.3 Å². The third-order valence-corrected chi connectivity index (χ3v) is 2.29. The normalized spacial score (nSPS) is 10.3. The van der Waals surface area contributed by atoms with Gasteiger partial charge < -0.3 is 14.6 Å². The first-order valence-corrected chi connectivity index (χ1v) is 4.90. The molecule has 90 valence electrons. The quantitative estimate of drug-likeness (QED) is 0.815. The summed E-state index contributed by atoms with van der Waals surface area (Å²) in [5, 5.41) is 20.1. The molecule has 0 fully saturated rings. The maximum Gasteiger partial charge on any atom is 0.182 e. The van der Waals surface area contributed by atoms with Crippen LogP contribution in [-0.2, 0) is 6.61 Å². The molecule has 0 saturated heterocycles. The molecule has 1 N–H and O–H groups in total. The average Bonchev–Trinajstić information content (AvgIpc) is 2.86. The molecule has 7 nitrogen and oxygen atoms in total. The van der Waals surface area contributed by atoms with Gasteiger partial charge in [-0.1, -0.05) is 0 Å². The third kappa shape index (κ3) is 2.04. The molecule has 0 atom stereocenters. The van der Waals surface area contributed by atoms with Gasteiger partial charge in [0.2, 0.25) is 0 Å². The summed E-state index contributed by atoms with van der Waals surface area (Å²) in [6.45, 7) is -0.235. The highest BCUT2D eigenvalue weighted by atomic mass is 16.5. The second-order valence-corrected chi connectivity index (χ2v) is 3.20. The van der Waals surface area contributed by atoms with E-state index in [4.69, 9.17) is 14.6 Å². The first-order valence-electron chi connectivity index (χ1n) is 4.90. The predicted octanol–water partition coefficient (Wildman–Crippen LogP) is 0.172. The van der Waals surface area contributed by atoms with Crippen LogP contribution < -0.4 is 9.47 Å². The second kappa shape index (κ2) is 4.79. The molecule has 0 aliphatic carbocycles. The molecule has 0 spiro atoms. The summed E-state index contributed by atoms with van der Waals surface area (Å²) in [5.41, 5.74) is 0.691. The first kappa shape index (κ1) is 11.3. The van der Waals surface area contributed by atoms with E-state index in [0.717, 1.165) is 0 Å². The number of nitrogens with zero attached hydrogens (tertiary/aromatic N) is 4. The number of aromatic nitrogens is 4. The molecular weight excluding hydrogens is 224 g/mol. The number of aliphatic hydroxyl groups excluding tert-OH is 1. The summed E-state index contributed by atoms with van der Waals surface area (Å²) in [5.74, 6) is 1.55. The SMILES string of the molecule is COc1ccc(-n2nnnc2CO)cc1OC. The lowest BCUT2D eigenvalue weighted by atomic mass is 10.2. The van der Waals surface area contributed by atoms with Gasteiger partial charge >= 0.3 is 0 Å². The third-order valence-electron chi connectivity index (χ3n) is 2.29. The number of methoxy groups -OCH3 is 2. The van der Waals surface area contributed by atoms with Crippen LogP contribution in [0.2, 0.25) is 0 Å². The van der Waals surface area contributed by atoms with E-state index >= 15 is 0 Å². The standard InChI is InChI=1S/C10H12N4O3/c1-16-8-4-3-7(5-9(8)17-2)14-10(6-15)11-12-13-14/h3-5,15H,6H2,1-2H3. The van der Waals surface area contributed by atoms with E-state index in [2.05, 4.69) is 15.5 Å². The Bertz CT molecular complexity index is 512. The number of aliphatic hydroxyl groups is 1. The van der Waals surface area contributed by atoms with Crippen molar-refractivity contribution in [3.8, 4) is 17.2 Å². The van der Waals surface area contributed by atoms with Crippen molar-refractivity contribution in [3.05, 3.63) is 24.0 Å². The molecule has 0 unspecified atom stereocenters. The lowest BCUT2D eigenvalue weighted by Crippen LogP contribution is -2.03. The number of benzene rings is 1. The molecule has 0 aliphatic rings. The smallest absolute Gasteiger partial charge is 0.182 e. The lowest BCUT2D eigenvalue weighted by molar-refractivity contribution is 0.268. The van der Waals surface area contributed by atoms with Gasteiger partial charge in [0, 0.05) is 6.07 Å². The Kier molecular flexibility index (Phi) is 3.20. The van der Waals surface area contributed by atoms with Gasteiger partial charge in [0.05, 0.1) is 19.9 Å². The van der Waals surface area contributed by atoms with Gasteiger partial charge in [-0.05, 0) is 22.6 Å². The van der Waals surface area contributed by atoms with E-state index in [0.29, 0.717) is 23.0 Å². The van der Waals surface area contributed by atoms with Gasteiger partial charge in [-0.15, -0.1) is 5.10 Å². The summed E-state index contributed by atoms with van der Waals surface area (Å²) < 4.78 is 11.7. The Balaban J connectivity index is 2.46. The molecule has 0 bridgehead atoms. The highest BCUT2D eigenvalue weighted by molar-refractivity contribution is 5.48. The van der Waals surface area contributed by atoms with Crippen molar-refractivity contribution in [1.82, 2.24) is 20.2 Å². The largest absolute Gasteiger partial charge is 0.493 e. The summed E-state index contributed by atoms with van der Waals surface area (Å²) in [4.78, 5) is 0. The van der Waals surface area contributed by atoms with Crippen molar-refractivity contribution in [2.45, 2.75) is 6.61 Å². The van der Waals surface area contributed by atoms with Gasteiger partial charge in [-0.25, -0.2) is 0 Å². The highest BCUT2D eigenvalue weighted by Crippen LogP contribution is 2.28. The van der Waals surface area contributed by atoms with Gasteiger partial charge in [-0.2, -0.15) is 4.68 Å². The number of hydrogen-bond donors (Lipinski definition) is 1. The number of rotatable bonds is 4. The Labute approximate surface area is 97.6 Å². The number of hydrogen-bond acceptors (Lipinski definition) is 6. The van der Waals surface area contributed by atoms with Gasteiger partial charge in [0.1, 0.15) is 6.61 Å². The van der Waals surface area contributed by atoms with Crippen LogP contribution >= 0.6 is 0 Å².